The molecule has 2 heterocycles. The van der Waals surface area contributed by atoms with Gasteiger partial charge in [-0.25, -0.2) is 4.39 Å². The molecule has 2 aromatic rings. The van der Waals surface area contributed by atoms with Crippen LogP contribution in [0.15, 0.2) is 28.8 Å². The van der Waals surface area contributed by atoms with Crippen molar-refractivity contribution in [1.29, 1.82) is 0 Å². The van der Waals surface area contributed by atoms with E-state index in [0.717, 1.165) is 13.0 Å². The molecule has 0 unspecified atom stereocenters. The Morgan fingerprint density at radius 2 is 2.39 bits per heavy atom. The molecule has 1 saturated heterocycles. The van der Waals surface area contributed by atoms with Crippen LogP contribution in [-0.2, 0) is 6.61 Å². The van der Waals surface area contributed by atoms with E-state index in [4.69, 9.17) is 9.26 Å². The van der Waals surface area contributed by atoms with E-state index in [1.807, 2.05) is 0 Å². The summed E-state index contributed by atoms with van der Waals surface area (Å²) >= 11 is 0. The molecule has 1 aliphatic heterocycles. The van der Waals surface area contributed by atoms with Crippen LogP contribution in [0.2, 0.25) is 0 Å². The minimum absolute atomic E-state index is 0.166. The summed E-state index contributed by atoms with van der Waals surface area (Å²) in [6.07, 6.45) is 1.01. The number of rotatable bonds is 4. The van der Waals surface area contributed by atoms with Gasteiger partial charge in [-0.15, -0.1) is 0 Å². The van der Waals surface area contributed by atoms with Gasteiger partial charge in [-0.3, -0.25) is 0 Å². The van der Waals surface area contributed by atoms with Crippen molar-refractivity contribution < 1.29 is 13.7 Å². The second-order valence-corrected chi connectivity index (χ2v) is 4.09. The first-order chi connectivity index (χ1) is 8.81. The smallest absolute Gasteiger partial charge is 0.243 e. The Bertz CT molecular complexity index is 540. The molecule has 1 aromatic carbocycles. The third-order valence-electron chi connectivity index (χ3n) is 2.77. The predicted molar refractivity (Wildman–Crippen MR) is 60.4 cm³/mol. The molecule has 0 saturated carbocycles. The van der Waals surface area contributed by atoms with E-state index in [9.17, 15) is 4.39 Å². The molecule has 94 valence electrons. The van der Waals surface area contributed by atoms with Gasteiger partial charge in [0.2, 0.25) is 11.7 Å². The zero-order valence-corrected chi connectivity index (χ0v) is 9.60. The number of ether oxygens (including phenoxy) is 1. The van der Waals surface area contributed by atoms with E-state index >= 15 is 0 Å². The van der Waals surface area contributed by atoms with Gasteiger partial charge in [0, 0.05) is 6.07 Å². The van der Waals surface area contributed by atoms with Gasteiger partial charge in [-0.1, -0.05) is 11.2 Å². The molecule has 18 heavy (non-hydrogen) atoms. The Labute approximate surface area is 103 Å². The van der Waals surface area contributed by atoms with Crippen LogP contribution in [0.25, 0.3) is 0 Å². The first-order valence-corrected chi connectivity index (χ1v) is 5.75. The van der Waals surface area contributed by atoms with Crippen LogP contribution < -0.4 is 10.1 Å². The van der Waals surface area contributed by atoms with Gasteiger partial charge in [0.1, 0.15) is 11.6 Å². The van der Waals surface area contributed by atoms with Gasteiger partial charge in [0.25, 0.3) is 0 Å². The molecule has 0 aliphatic carbocycles. The molecular weight excluding hydrogens is 237 g/mol. The fourth-order valence-electron chi connectivity index (χ4n) is 1.67. The fourth-order valence-corrected chi connectivity index (χ4v) is 1.67. The van der Waals surface area contributed by atoms with Crippen LogP contribution in [0.1, 0.15) is 24.2 Å². The lowest BCUT2D eigenvalue weighted by molar-refractivity contribution is 0.264. The van der Waals surface area contributed by atoms with Crippen molar-refractivity contribution in [3.8, 4) is 5.75 Å². The molecule has 0 bridgehead atoms. The molecule has 3 rings (SSSR count). The number of halogens is 1. The lowest BCUT2D eigenvalue weighted by atomic mass is 10.1. The van der Waals surface area contributed by atoms with Gasteiger partial charge in [-0.05, 0) is 25.1 Å². The van der Waals surface area contributed by atoms with E-state index < -0.39 is 0 Å². The SMILES string of the molecule is Fc1cccc(OCc2noc([C@H]3CCN3)n2)c1. The summed E-state index contributed by atoms with van der Waals surface area (Å²) in [5, 5.41) is 6.98. The minimum Gasteiger partial charge on any atom is -0.485 e. The molecule has 0 radical (unpaired) electrons. The van der Waals surface area contributed by atoms with Crippen LogP contribution in [0, 0.1) is 5.82 Å². The van der Waals surface area contributed by atoms with Crippen molar-refractivity contribution in [3.63, 3.8) is 0 Å². The summed E-state index contributed by atoms with van der Waals surface area (Å²) in [5.41, 5.74) is 0. The maximum atomic E-state index is 12.9. The van der Waals surface area contributed by atoms with E-state index in [2.05, 4.69) is 15.5 Å². The first-order valence-electron chi connectivity index (χ1n) is 5.75. The zero-order chi connectivity index (χ0) is 12.4. The highest BCUT2D eigenvalue weighted by Gasteiger charge is 2.24. The minimum atomic E-state index is -0.333. The number of nitrogens with zero attached hydrogens (tertiary/aromatic N) is 2. The van der Waals surface area contributed by atoms with E-state index in [0.29, 0.717) is 17.5 Å². The van der Waals surface area contributed by atoms with Crippen LogP contribution >= 0.6 is 0 Å². The molecule has 1 fully saturated rings. The fraction of sp³-hybridized carbons (Fsp3) is 0.333. The monoisotopic (exact) mass is 249 g/mol. The van der Waals surface area contributed by atoms with Gasteiger partial charge in [0.05, 0.1) is 6.04 Å². The third kappa shape index (κ3) is 2.33. The van der Waals surface area contributed by atoms with Crippen molar-refractivity contribution in [3.05, 3.63) is 41.8 Å². The second-order valence-electron chi connectivity index (χ2n) is 4.09. The summed E-state index contributed by atoms with van der Waals surface area (Å²) in [4.78, 5) is 4.21. The average molecular weight is 249 g/mol. The number of hydrogen-bond acceptors (Lipinski definition) is 5. The summed E-state index contributed by atoms with van der Waals surface area (Å²) in [5.74, 6) is 1.16. The van der Waals surface area contributed by atoms with Crippen molar-refractivity contribution >= 4 is 0 Å². The second kappa shape index (κ2) is 4.73. The van der Waals surface area contributed by atoms with E-state index in [-0.39, 0.29) is 18.5 Å². The normalized spacial score (nSPS) is 18.4. The summed E-state index contributed by atoms with van der Waals surface area (Å²) in [6.45, 7) is 1.14. The molecule has 5 nitrogen and oxygen atoms in total. The Morgan fingerprint density at radius 3 is 3.11 bits per heavy atom. The zero-order valence-electron chi connectivity index (χ0n) is 9.60. The molecule has 0 amide bonds. The number of hydrogen-bond donors (Lipinski definition) is 1. The van der Waals surface area contributed by atoms with Gasteiger partial charge < -0.3 is 14.6 Å². The molecule has 1 atom stereocenters. The lowest BCUT2D eigenvalue weighted by Gasteiger charge is -2.23. The van der Waals surface area contributed by atoms with Gasteiger partial charge in [-0.2, -0.15) is 4.98 Å². The average Bonchev–Trinajstić information content (AvgIpc) is 2.73. The summed E-state index contributed by atoms with van der Waals surface area (Å²) in [6, 6.07) is 6.11. The molecule has 1 N–H and O–H groups in total. The Hall–Kier alpha value is -1.95. The topological polar surface area (TPSA) is 60.2 Å². The molecular formula is C12H12FN3O2. The van der Waals surface area contributed by atoms with Crippen molar-refractivity contribution in [2.45, 2.75) is 19.1 Å². The largest absolute Gasteiger partial charge is 0.485 e. The molecule has 1 aliphatic rings. The Morgan fingerprint density at radius 1 is 1.50 bits per heavy atom. The quantitative estimate of drug-likeness (QED) is 0.895. The van der Waals surface area contributed by atoms with Crippen LogP contribution in [0.4, 0.5) is 4.39 Å². The predicted octanol–water partition coefficient (Wildman–Crippen LogP) is 1.82. The summed E-state index contributed by atoms with van der Waals surface area (Å²) in [7, 11) is 0. The number of aromatic nitrogens is 2. The maximum absolute atomic E-state index is 12.9. The highest BCUT2D eigenvalue weighted by molar-refractivity contribution is 5.22. The van der Waals surface area contributed by atoms with Crippen LogP contribution in [0.3, 0.4) is 0 Å². The Balaban J connectivity index is 1.61. The highest BCUT2D eigenvalue weighted by Crippen LogP contribution is 2.21. The van der Waals surface area contributed by atoms with E-state index in [1.54, 1.807) is 12.1 Å². The number of nitrogens with one attached hydrogen (secondary N) is 1. The standard InChI is InChI=1S/C12H12FN3O2/c13-8-2-1-3-9(6-8)17-7-11-15-12(18-16-11)10-4-5-14-10/h1-3,6,10,14H,4-5,7H2/t10-/m1/s1. The maximum Gasteiger partial charge on any atom is 0.243 e. The molecule has 0 spiro atoms. The summed E-state index contributed by atoms with van der Waals surface area (Å²) < 4.78 is 23.4. The lowest BCUT2D eigenvalue weighted by Crippen LogP contribution is -2.35. The van der Waals surface area contributed by atoms with Gasteiger partial charge >= 0.3 is 0 Å². The van der Waals surface area contributed by atoms with Crippen LogP contribution in [0.5, 0.6) is 5.75 Å². The third-order valence-corrected chi connectivity index (χ3v) is 2.77. The highest BCUT2D eigenvalue weighted by atomic mass is 19.1. The number of benzene rings is 1. The van der Waals surface area contributed by atoms with Crippen molar-refractivity contribution in [2.24, 2.45) is 0 Å². The van der Waals surface area contributed by atoms with Crippen LogP contribution in [-0.4, -0.2) is 16.7 Å². The first kappa shape index (κ1) is 11.2. The molecule has 6 heteroatoms. The molecule has 1 aromatic heterocycles. The van der Waals surface area contributed by atoms with Gasteiger partial charge in [0.15, 0.2) is 6.61 Å². The van der Waals surface area contributed by atoms with E-state index in [1.165, 1.54) is 12.1 Å². The van der Waals surface area contributed by atoms with Crippen molar-refractivity contribution in [2.75, 3.05) is 6.54 Å². The van der Waals surface area contributed by atoms with Crippen molar-refractivity contribution in [1.82, 2.24) is 15.5 Å². The Kier molecular flexibility index (Phi) is 2.93.